The Hall–Kier alpha value is -3.09. The summed E-state index contributed by atoms with van der Waals surface area (Å²) in [6.07, 6.45) is -0.439. The maximum Gasteiger partial charge on any atom is 0.309 e. The molecule has 3 aromatic carbocycles. The normalized spacial score (nSPS) is 12.2. The van der Waals surface area contributed by atoms with Gasteiger partial charge in [-0.25, -0.2) is 8.42 Å². The molecular weight excluding hydrogens is 470 g/mol. The van der Waals surface area contributed by atoms with E-state index in [1.807, 2.05) is 36.4 Å². The highest BCUT2D eigenvalue weighted by Gasteiger charge is 2.31. The van der Waals surface area contributed by atoms with Crippen LogP contribution in [-0.2, 0) is 33.0 Å². The third-order valence-corrected chi connectivity index (χ3v) is 8.17. The minimum Gasteiger partial charge on any atom is -0.481 e. The molecule has 0 saturated carbocycles. The number of rotatable bonds is 6. The summed E-state index contributed by atoms with van der Waals surface area (Å²) in [6.45, 7) is 6.41. The molecule has 0 spiro atoms. The Morgan fingerprint density at radius 2 is 1.62 bits per heavy atom. The van der Waals surface area contributed by atoms with Gasteiger partial charge in [-0.05, 0) is 46.9 Å². The Morgan fingerprint density at radius 3 is 2.24 bits per heavy atom. The topological polar surface area (TPSA) is 76.4 Å². The summed E-state index contributed by atoms with van der Waals surface area (Å²) in [5.74, 6) is -1.11. The standard InChI is InChI=1S/C27H26ClNO4S/c1-27(2,3)19-13-14-23-21(15-19)26(34(32,33)20-10-5-4-6-11-20)24(16-25(30)31)29(23)17-18-9-7-8-12-22(18)28/h4-15H,16-17H2,1-3H3,(H,30,31). The molecule has 7 heteroatoms. The van der Waals surface area contributed by atoms with Gasteiger partial charge in [0.25, 0.3) is 0 Å². The van der Waals surface area contributed by atoms with Crippen LogP contribution < -0.4 is 0 Å². The zero-order valence-corrected chi connectivity index (χ0v) is 20.8. The van der Waals surface area contributed by atoms with Gasteiger partial charge in [-0.1, -0.05) is 74.8 Å². The van der Waals surface area contributed by atoms with E-state index >= 15 is 0 Å². The molecule has 0 fully saturated rings. The van der Waals surface area contributed by atoms with Crippen molar-refractivity contribution in [3.63, 3.8) is 0 Å². The first-order valence-corrected chi connectivity index (χ1v) is 12.8. The first-order valence-electron chi connectivity index (χ1n) is 10.9. The minimum absolute atomic E-state index is 0.0363. The summed E-state index contributed by atoms with van der Waals surface area (Å²) in [5.41, 5.74) is 2.40. The zero-order valence-electron chi connectivity index (χ0n) is 19.2. The van der Waals surface area contributed by atoms with Crippen LogP contribution in [0.1, 0.15) is 37.6 Å². The van der Waals surface area contributed by atoms with Gasteiger partial charge in [-0.15, -0.1) is 0 Å². The molecule has 0 aliphatic rings. The van der Waals surface area contributed by atoms with Gasteiger partial charge < -0.3 is 9.67 Å². The number of carboxylic acids is 1. The average molecular weight is 496 g/mol. The van der Waals surface area contributed by atoms with Crippen molar-refractivity contribution in [3.8, 4) is 0 Å². The fourth-order valence-electron chi connectivity index (χ4n) is 4.16. The first-order chi connectivity index (χ1) is 16.0. The molecular formula is C27H26ClNO4S. The number of fused-ring (bicyclic) bond motifs is 1. The second-order valence-corrected chi connectivity index (χ2v) is 11.6. The van der Waals surface area contributed by atoms with E-state index in [2.05, 4.69) is 20.8 Å². The van der Waals surface area contributed by atoms with Crippen LogP contribution in [-0.4, -0.2) is 24.1 Å². The summed E-state index contributed by atoms with van der Waals surface area (Å²) < 4.78 is 29.6. The highest BCUT2D eigenvalue weighted by Crippen LogP contribution is 2.38. The molecule has 0 aliphatic carbocycles. The molecule has 0 bridgehead atoms. The van der Waals surface area contributed by atoms with Crippen molar-refractivity contribution in [2.24, 2.45) is 0 Å². The summed E-state index contributed by atoms with van der Waals surface area (Å²) in [6, 6.07) is 21.1. The second-order valence-electron chi connectivity index (χ2n) is 9.32. The summed E-state index contributed by atoms with van der Waals surface area (Å²) >= 11 is 6.41. The van der Waals surface area contributed by atoms with Crippen LogP contribution in [0.3, 0.4) is 0 Å². The number of carboxylic acid groups (broad SMARTS) is 1. The number of carbonyl (C=O) groups is 1. The molecule has 176 valence electrons. The van der Waals surface area contributed by atoms with Crippen molar-refractivity contribution in [1.29, 1.82) is 0 Å². The SMILES string of the molecule is CC(C)(C)c1ccc2c(c1)c(S(=O)(=O)c1ccccc1)c(CC(=O)O)n2Cc1ccccc1Cl. The van der Waals surface area contributed by atoms with Gasteiger partial charge in [-0.2, -0.15) is 0 Å². The lowest BCUT2D eigenvalue weighted by molar-refractivity contribution is -0.136. The molecule has 4 aromatic rings. The molecule has 0 unspecified atom stereocenters. The molecule has 1 heterocycles. The van der Waals surface area contributed by atoms with Crippen molar-refractivity contribution >= 4 is 38.3 Å². The quantitative estimate of drug-likeness (QED) is 0.350. The Kier molecular flexibility index (Phi) is 6.32. The van der Waals surface area contributed by atoms with Crippen molar-refractivity contribution < 1.29 is 18.3 Å². The van der Waals surface area contributed by atoms with Gasteiger partial charge in [0.05, 0.1) is 11.3 Å². The molecule has 0 radical (unpaired) electrons. The van der Waals surface area contributed by atoms with Crippen molar-refractivity contribution in [1.82, 2.24) is 4.57 Å². The molecule has 4 rings (SSSR count). The molecule has 34 heavy (non-hydrogen) atoms. The number of nitrogens with zero attached hydrogens (tertiary/aromatic N) is 1. The van der Waals surface area contributed by atoms with Gasteiger partial charge in [0.15, 0.2) is 0 Å². The number of hydrogen-bond acceptors (Lipinski definition) is 3. The maximum atomic E-state index is 13.9. The number of hydrogen-bond donors (Lipinski definition) is 1. The van der Waals surface area contributed by atoms with Gasteiger partial charge in [-0.3, -0.25) is 4.79 Å². The first kappa shape index (κ1) is 24.0. The number of benzene rings is 3. The van der Waals surface area contributed by atoms with E-state index in [1.165, 1.54) is 12.1 Å². The van der Waals surface area contributed by atoms with Crippen molar-refractivity contribution in [2.45, 2.75) is 48.9 Å². The Balaban J connectivity index is 2.10. The molecule has 0 aliphatic heterocycles. The lowest BCUT2D eigenvalue weighted by atomic mass is 9.86. The van der Waals surface area contributed by atoms with Crippen LogP contribution in [0.4, 0.5) is 0 Å². The Bertz CT molecular complexity index is 1480. The summed E-state index contributed by atoms with van der Waals surface area (Å²) in [7, 11) is -4.00. The Morgan fingerprint density at radius 1 is 0.971 bits per heavy atom. The van der Waals surface area contributed by atoms with Gasteiger partial charge in [0.2, 0.25) is 9.84 Å². The van der Waals surface area contributed by atoms with E-state index in [4.69, 9.17) is 11.6 Å². The van der Waals surface area contributed by atoms with Crippen molar-refractivity contribution in [2.75, 3.05) is 0 Å². The average Bonchev–Trinajstić information content (AvgIpc) is 3.07. The van der Waals surface area contributed by atoms with E-state index in [9.17, 15) is 18.3 Å². The molecule has 5 nitrogen and oxygen atoms in total. The number of sulfone groups is 1. The fourth-order valence-corrected chi connectivity index (χ4v) is 6.05. The second kappa shape index (κ2) is 8.93. The van der Waals surface area contributed by atoms with Crippen LogP contribution >= 0.6 is 11.6 Å². The van der Waals surface area contributed by atoms with E-state index in [0.717, 1.165) is 11.1 Å². The van der Waals surface area contributed by atoms with Crippen LogP contribution in [0, 0.1) is 0 Å². The lowest BCUT2D eigenvalue weighted by Gasteiger charge is -2.19. The number of halogens is 1. The monoisotopic (exact) mass is 495 g/mol. The van der Waals surface area contributed by atoms with E-state index in [1.54, 1.807) is 28.8 Å². The lowest BCUT2D eigenvalue weighted by Crippen LogP contribution is -2.13. The van der Waals surface area contributed by atoms with Gasteiger partial charge in [0, 0.05) is 28.2 Å². The zero-order chi connectivity index (χ0) is 24.7. The molecule has 1 N–H and O–H groups in total. The third-order valence-electron chi connectivity index (χ3n) is 5.91. The predicted molar refractivity (Wildman–Crippen MR) is 134 cm³/mol. The predicted octanol–water partition coefficient (Wildman–Crippen LogP) is 6.10. The molecule has 0 atom stereocenters. The van der Waals surface area contributed by atoms with E-state index in [0.29, 0.717) is 15.9 Å². The summed E-state index contributed by atoms with van der Waals surface area (Å²) in [5, 5.41) is 10.8. The van der Waals surface area contributed by atoms with Crippen LogP contribution in [0.15, 0.2) is 82.6 Å². The number of aromatic nitrogens is 1. The number of aliphatic carboxylic acids is 1. The molecule has 1 aromatic heterocycles. The van der Waals surface area contributed by atoms with Crippen LogP contribution in [0.2, 0.25) is 5.02 Å². The van der Waals surface area contributed by atoms with Crippen LogP contribution in [0.5, 0.6) is 0 Å². The van der Waals surface area contributed by atoms with Crippen molar-refractivity contribution in [3.05, 3.63) is 94.6 Å². The fraction of sp³-hybridized carbons (Fsp3) is 0.222. The molecule has 0 saturated heterocycles. The van der Waals surface area contributed by atoms with Gasteiger partial charge >= 0.3 is 5.97 Å². The van der Waals surface area contributed by atoms with E-state index in [-0.39, 0.29) is 27.4 Å². The largest absolute Gasteiger partial charge is 0.481 e. The highest BCUT2D eigenvalue weighted by molar-refractivity contribution is 7.91. The molecule has 0 amide bonds. The van der Waals surface area contributed by atoms with E-state index < -0.39 is 22.2 Å². The minimum atomic E-state index is -4.00. The maximum absolute atomic E-state index is 13.9. The third kappa shape index (κ3) is 4.48. The van der Waals surface area contributed by atoms with Crippen LogP contribution in [0.25, 0.3) is 10.9 Å². The Labute approximate surface area is 204 Å². The van der Waals surface area contributed by atoms with Gasteiger partial charge in [0.1, 0.15) is 4.90 Å². The highest BCUT2D eigenvalue weighted by atomic mass is 35.5. The summed E-state index contributed by atoms with van der Waals surface area (Å²) in [4.78, 5) is 12.1. The smallest absolute Gasteiger partial charge is 0.309 e.